The minimum atomic E-state index is 0. The van der Waals surface area contributed by atoms with Crippen LogP contribution in [0.15, 0.2) is 36.4 Å². The molecule has 25 heavy (non-hydrogen) atoms. The lowest BCUT2D eigenvalue weighted by molar-refractivity contribution is 0.0930. The Morgan fingerprint density at radius 3 is 2.88 bits per heavy atom. The topological polar surface area (TPSA) is 54.0 Å². The predicted molar refractivity (Wildman–Crippen MR) is 108 cm³/mol. The molecule has 2 unspecified atom stereocenters. The summed E-state index contributed by atoms with van der Waals surface area (Å²) in [7, 11) is 0. The molecule has 3 aromatic rings. The van der Waals surface area contributed by atoms with Gasteiger partial charge in [-0.15, -0.1) is 35.1 Å². The van der Waals surface area contributed by atoms with Crippen LogP contribution < -0.4 is 10.6 Å². The number of aromatic nitrogens is 1. The maximum absolute atomic E-state index is 12.5. The first-order valence-electron chi connectivity index (χ1n) is 8.19. The van der Waals surface area contributed by atoms with Crippen molar-refractivity contribution in [1.29, 1.82) is 0 Å². The van der Waals surface area contributed by atoms with Gasteiger partial charge in [-0.3, -0.25) is 4.79 Å². The predicted octanol–water partition coefficient (Wildman–Crippen LogP) is 4.32. The Bertz CT molecular complexity index is 843. The minimum Gasteiger partial charge on any atom is -0.349 e. The number of carbonyl (C=O) groups is 1. The lowest BCUT2D eigenvalue weighted by atomic mass is 10.0. The molecule has 1 amide bonds. The Hall–Kier alpha value is -1.47. The average molecular weight is 394 g/mol. The molecule has 0 saturated carbocycles. The summed E-state index contributed by atoms with van der Waals surface area (Å²) in [5.41, 5.74) is 1.01. The number of fused-ring (bicyclic) bond motifs is 1. The van der Waals surface area contributed by atoms with E-state index in [0.29, 0.717) is 6.04 Å². The summed E-state index contributed by atoms with van der Waals surface area (Å²) in [5.74, 6) is 0.0338. The number of benzene rings is 1. The van der Waals surface area contributed by atoms with E-state index in [1.807, 2.05) is 30.3 Å². The molecule has 1 aliphatic rings. The van der Waals surface area contributed by atoms with Crippen molar-refractivity contribution in [2.75, 3.05) is 6.54 Å². The van der Waals surface area contributed by atoms with Gasteiger partial charge in [0.1, 0.15) is 5.01 Å². The summed E-state index contributed by atoms with van der Waals surface area (Å²) in [4.78, 5) is 19.0. The number of para-hydroxylation sites is 1. The number of thiazole rings is 1. The number of nitrogens with zero attached hydrogens (tertiary/aromatic N) is 1. The van der Waals surface area contributed by atoms with Crippen molar-refractivity contribution in [3.63, 3.8) is 0 Å². The van der Waals surface area contributed by atoms with Crippen LogP contribution in [0.25, 0.3) is 20.1 Å². The molecular weight excluding hydrogens is 374 g/mol. The van der Waals surface area contributed by atoms with Crippen LogP contribution in [0.4, 0.5) is 0 Å². The maximum Gasteiger partial charge on any atom is 0.261 e. The van der Waals surface area contributed by atoms with Gasteiger partial charge in [0.15, 0.2) is 0 Å². The molecule has 0 bridgehead atoms. The van der Waals surface area contributed by atoms with Crippen LogP contribution in [-0.4, -0.2) is 29.5 Å². The van der Waals surface area contributed by atoms with E-state index in [1.165, 1.54) is 16.0 Å². The van der Waals surface area contributed by atoms with Gasteiger partial charge in [-0.25, -0.2) is 4.98 Å². The van der Waals surface area contributed by atoms with Gasteiger partial charge in [-0.2, -0.15) is 0 Å². The first kappa shape index (κ1) is 18.3. The van der Waals surface area contributed by atoms with E-state index in [4.69, 9.17) is 0 Å². The first-order valence-corrected chi connectivity index (χ1v) is 9.82. The molecule has 2 aromatic heterocycles. The Kier molecular flexibility index (Phi) is 5.74. The number of piperidine rings is 1. The molecule has 1 aliphatic heterocycles. The van der Waals surface area contributed by atoms with Crippen molar-refractivity contribution in [3.05, 3.63) is 41.3 Å². The Balaban J connectivity index is 0.00000182. The van der Waals surface area contributed by atoms with Crippen LogP contribution in [-0.2, 0) is 0 Å². The SMILES string of the molecule is CC1CC(NC(=O)c2ccc(-c3nc4ccccc4s3)s2)CCN1.Cl. The van der Waals surface area contributed by atoms with E-state index in [1.54, 1.807) is 11.3 Å². The van der Waals surface area contributed by atoms with E-state index in [2.05, 4.69) is 28.6 Å². The Morgan fingerprint density at radius 2 is 2.08 bits per heavy atom. The van der Waals surface area contributed by atoms with Gasteiger partial charge in [0.2, 0.25) is 0 Å². The molecule has 1 fully saturated rings. The summed E-state index contributed by atoms with van der Waals surface area (Å²) in [6.07, 6.45) is 1.98. The number of carbonyl (C=O) groups excluding carboxylic acids is 1. The normalized spacial score (nSPS) is 20.2. The highest BCUT2D eigenvalue weighted by molar-refractivity contribution is 7.26. The van der Waals surface area contributed by atoms with E-state index in [-0.39, 0.29) is 24.4 Å². The highest BCUT2D eigenvalue weighted by Crippen LogP contribution is 2.34. The van der Waals surface area contributed by atoms with Gasteiger partial charge in [-0.1, -0.05) is 12.1 Å². The molecule has 4 nitrogen and oxygen atoms in total. The lowest BCUT2D eigenvalue weighted by Gasteiger charge is -2.28. The second-order valence-electron chi connectivity index (χ2n) is 6.20. The minimum absolute atomic E-state index is 0. The van der Waals surface area contributed by atoms with Crippen LogP contribution >= 0.6 is 35.1 Å². The number of hydrogen-bond acceptors (Lipinski definition) is 5. The van der Waals surface area contributed by atoms with Gasteiger partial charge in [0.25, 0.3) is 5.91 Å². The summed E-state index contributed by atoms with van der Waals surface area (Å²) >= 11 is 3.19. The van der Waals surface area contributed by atoms with Gasteiger partial charge < -0.3 is 10.6 Å². The third kappa shape index (κ3) is 4.03. The fraction of sp³-hybridized carbons (Fsp3) is 0.333. The number of thiophene rings is 1. The molecule has 0 radical (unpaired) electrons. The zero-order chi connectivity index (χ0) is 16.5. The zero-order valence-corrected chi connectivity index (χ0v) is 16.3. The molecule has 2 atom stereocenters. The molecule has 1 aromatic carbocycles. The van der Waals surface area contributed by atoms with E-state index < -0.39 is 0 Å². The monoisotopic (exact) mass is 393 g/mol. The van der Waals surface area contributed by atoms with Crippen molar-refractivity contribution < 1.29 is 4.79 Å². The number of hydrogen-bond donors (Lipinski definition) is 2. The molecule has 0 spiro atoms. The molecule has 4 rings (SSSR count). The quantitative estimate of drug-likeness (QED) is 0.696. The summed E-state index contributed by atoms with van der Waals surface area (Å²) < 4.78 is 1.18. The maximum atomic E-state index is 12.5. The summed E-state index contributed by atoms with van der Waals surface area (Å²) in [6.45, 7) is 3.13. The van der Waals surface area contributed by atoms with E-state index >= 15 is 0 Å². The third-order valence-electron chi connectivity index (χ3n) is 4.29. The molecule has 3 heterocycles. The van der Waals surface area contributed by atoms with Crippen molar-refractivity contribution in [2.45, 2.75) is 31.8 Å². The molecule has 7 heteroatoms. The second kappa shape index (κ2) is 7.83. The van der Waals surface area contributed by atoms with E-state index in [9.17, 15) is 4.79 Å². The number of rotatable bonds is 3. The molecule has 0 aliphatic carbocycles. The van der Waals surface area contributed by atoms with Crippen LogP contribution in [0.5, 0.6) is 0 Å². The highest BCUT2D eigenvalue weighted by atomic mass is 35.5. The fourth-order valence-corrected chi connectivity index (χ4v) is 5.00. The van der Waals surface area contributed by atoms with Crippen LogP contribution in [0.2, 0.25) is 0 Å². The van der Waals surface area contributed by atoms with Crippen molar-refractivity contribution >= 4 is 51.2 Å². The lowest BCUT2D eigenvalue weighted by Crippen LogP contribution is -2.46. The fourth-order valence-electron chi connectivity index (χ4n) is 3.07. The molecule has 132 valence electrons. The summed E-state index contributed by atoms with van der Waals surface area (Å²) in [5, 5.41) is 7.56. The molecule has 2 N–H and O–H groups in total. The number of halogens is 1. The van der Waals surface area contributed by atoms with Crippen molar-refractivity contribution in [1.82, 2.24) is 15.6 Å². The average Bonchev–Trinajstić information content (AvgIpc) is 3.21. The third-order valence-corrected chi connectivity index (χ3v) is 6.58. The molecular formula is C18H20ClN3OS2. The standard InChI is InChI=1S/C18H19N3OS2.ClH/c1-11-10-12(8-9-19-11)20-17(22)15-6-7-16(23-15)18-21-13-4-2-3-5-14(13)24-18;/h2-7,11-12,19H,8-10H2,1H3,(H,20,22);1H. The smallest absolute Gasteiger partial charge is 0.261 e. The van der Waals surface area contributed by atoms with Gasteiger partial charge in [0.05, 0.1) is 20.0 Å². The van der Waals surface area contributed by atoms with Crippen LogP contribution in [0, 0.1) is 0 Å². The summed E-state index contributed by atoms with van der Waals surface area (Å²) in [6, 6.07) is 12.8. The largest absolute Gasteiger partial charge is 0.349 e. The van der Waals surface area contributed by atoms with Crippen molar-refractivity contribution in [3.8, 4) is 9.88 Å². The van der Waals surface area contributed by atoms with Crippen molar-refractivity contribution in [2.24, 2.45) is 0 Å². The van der Waals surface area contributed by atoms with Gasteiger partial charge in [-0.05, 0) is 50.6 Å². The van der Waals surface area contributed by atoms with Crippen LogP contribution in [0.3, 0.4) is 0 Å². The first-order chi connectivity index (χ1) is 11.7. The Morgan fingerprint density at radius 1 is 1.24 bits per heavy atom. The zero-order valence-electron chi connectivity index (χ0n) is 13.8. The highest BCUT2D eigenvalue weighted by Gasteiger charge is 2.21. The van der Waals surface area contributed by atoms with Gasteiger partial charge in [0, 0.05) is 12.1 Å². The number of amides is 1. The Labute approximate surface area is 161 Å². The molecule has 1 saturated heterocycles. The van der Waals surface area contributed by atoms with Gasteiger partial charge >= 0.3 is 0 Å². The van der Waals surface area contributed by atoms with E-state index in [0.717, 1.165) is 39.7 Å². The van der Waals surface area contributed by atoms with Crippen LogP contribution in [0.1, 0.15) is 29.4 Å². The second-order valence-corrected chi connectivity index (χ2v) is 8.31. The number of nitrogens with one attached hydrogen (secondary N) is 2.